The Balaban J connectivity index is 1.98. The minimum atomic E-state index is -0.132. The van der Waals surface area contributed by atoms with Crippen LogP contribution in [0.25, 0.3) is 0 Å². The normalized spacial score (nSPS) is 11.6. The van der Waals surface area contributed by atoms with Crippen LogP contribution in [0.3, 0.4) is 0 Å². The van der Waals surface area contributed by atoms with Crippen LogP contribution in [0.15, 0.2) is 17.6 Å². The van der Waals surface area contributed by atoms with Gasteiger partial charge in [-0.15, -0.1) is 11.3 Å². The third-order valence-electron chi connectivity index (χ3n) is 2.77. The van der Waals surface area contributed by atoms with E-state index in [-0.39, 0.29) is 11.3 Å². The van der Waals surface area contributed by atoms with Gasteiger partial charge >= 0.3 is 0 Å². The molecule has 2 aromatic heterocycles. The maximum absolute atomic E-state index is 11.9. The molecule has 0 aliphatic heterocycles. The molecule has 0 unspecified atom stereocenters. The van der Waals surface area contributed by atoms with Crippen molar-refractivity contribution in [1.82, 2.24) is 20.1 Å². The van der Waals surface area contributed by atoms with Gasteiger partial charge in [-0.3, -0.25) is 9.48 Å². The highest BCUT2D eigenvalue weighted by molar-refractivity contribution is 7.09. The molecule has 6 heteroatoms. The van der Waals surface area contributed by atoms with Gasteiger partial charge in [0, 0.05) is 24.0 Å². The number of carbonyl (C=O) groups excluding carboxylic acids is 1. The fourth-order valence-corrected chi connectivity index (χ4v) is 2.54. The Bertz CT molecular complexity index is 579. The molecule has 1 amide bonds. The number of nitrogens with one attached hydrogen (secondary N) is 1. The van der Waals surface area contributed by atoms with Crippen molar-refractivity contribution in [3.63, 3.8) is 0 Å². The van der Waals surface area contributed by atoms with E-state index in [2.05, 4.69) is 36.2 Å². The lowest BCUT2D eigenvalue weighted by atomic mass is 9.93. The summed E-state index contributed by atoms with van der Waals surface area (Å²) in [4.78, 5) is 16.4. The predicted octanol–water partition coefficient (Wildman–Crippen LogP) is 2.10. The number of aryl methyl sites for hydroxylation is 1. The Hall–Kier alpha value is -1.69. The molecule has 19 heavy (non-hydrogen) atoms. The molecular formula is C13H18N4OS. The highest BCUT2D eigenvalue weighted by Crippen LogP contribution is 2.23. The van der Waals surface area contributed by atoms with Crippen LogP contribution in [0.5, 0.6) is 0 Å². The Labute approximate surface area is 116 Å². The maximum Gasteiger partial charge on any atom is 0.269 e. The van der Waals surface area contributed by atoms with Crippen molar-refractivity contribution < 1.29 is 4.79 Å². The summed E-state index contributed by atoms with van der Waals surface area (Å²) in [6.45, 7) is 6.82. The first-order chi connectivity index (χ1) is 8.88. The smallest absolute Gasteiger partial charge is 0.269 e. The number of rotatable bonds is 3. The monoisotopic (exact) mass is 278 g/mol. The number of nitrogens with zero attached hydrogens (tertiary/aromatic N) is 3. The molecule has 0 saturated heterocycles. The lowest BCUT2D eigenvalue weighted by Crippen LogP contribution is -2.25. The van der Waals surface area contributed by atoms with Crippen LogP contribution in [0.4, 0.5) is 0 Å². The molecule has 102 valence electrons. The van der Waals surface area contributed by atoms with Gasteiger partial charge in [0.15, 0.2) is 0 Å². The Morgan fingerprint density at radius 3 is 2.74 bits per heavy atom. The Morgan fingerprint density at radius 1 is 1.47 bits per heavy atom. The molecule has 0 aliphatic rings. The standard InChI is InChI=1S/C13H18N4OS/c1-13(2,3)10-8-19-11(16-10)7-14-12(18)9-5-6-15-17(9)4/h5-6,8H,7H2,1-4H3,(H,14,18). The summed E-state index contributed by atoms with van der Waals surface area (Å²) in [6.07, 6.45) is 1.61. The molecular weight excluding hydrogens is 260 g/mol. The summed E-state index contributed by atoms with van der Waals surface area (Å²) in [5.41, 5.74) is 1.65. The van der Waals surface area contributed by atoms with Crippen LogP contribution in [0.1, 0.15) is 42.0 Å². The molecule has 5 nitrogen and oxygen atoms in total. The second-order valence-corrected chi connectivity index (χ2v) is 6.34. The zero-order chi connectivity index (χ0) is 14.0. The van der Waals surface area contributed by atoms with E-state index in [1.807, 2.05) is 5.38 Å². The van der Waals surface area contributed by atoms with E-state index in [1.165, 1.54) is 0 Å². The number of carbonyl (C=O) groups is 1. The molecule has 0 bridgehead atoms. The van der Waals surface area contributed by atoms with Gasteiger partial charge in [-0.2, -0.15) is 5.10 Å². The average Bonchev–Trinajstić information content (AvgIpc) is 2.93. The first-order valence-corrected chi connectivity index (χ1v) is 6.97. The van der Waals surface area contributed by atoms with Gasteiger partial charge in [-0.25, -0.2) is 4.98 Å². The topological polar surface area (TPSA) is 59.8 Å². The van der Waals surface area contributed by atoms with Gasteiger partial charge in [-0.05, 0) is 6.07 Å². The summed E-state index contributed by atoms with van der Waals surface area (Å²) in [5.74, 6) is -0.132. The molecule has 0 atom stereocenters. The third kappa shape index (κ3) is 3.20. The fraction of sp³-hybridized carbons (Fsp3) is 0.462. The first-order valence-electron chi connectivity index (χ1n) is 6.09. The summed E-state index contributed by atoms with van der Waals surface area (Å²) in [6, 6.07) is 1.69. The van der Waals surface area contributed by atoms with E-state index in [4.69, 9.17) is 0 Å². The van der Waals surface area contributed by atoms with E-state index in [0.717, 1.165) is 10.7 Å². The van der Waals surface area contributed by atoms with E-state index >= 15 is 0 Å². The largest absolute Gasteiger partial charge is 0.344 e. The van der Waals surface area contributed by atoms with E-state index in [0.29, 0.717) is 12.2 Å². The minimum Gasteiger partial charge on any atom is -0.344 e. The Morgan fingerprint density at radius 2 is 2.21 bits per heavy atom. The second-order valence-electron chi connectivity index (χ2n) is 5.40. The molecule has 0 fully saturated rings. The van der Waals surface area contributed by atoms with Crippen molar-refractivity contribution in [3.8, 4) is 0 Å². The van der Waals surface area contributed by atoms with Crippen LogP contribution in [-0.4, -0.2) is 20.7 Å². The van der Waals surface area contributed by atoms with Gasteiger partial charge in [0.2, 0.25) is 0 Å². The average molecular weight is 278 g/mol. The molecule has 0 radical (unpaired) electrons. The van der Waals surface area contributed by atoms with Crippen LogP contribution < -0.4 is 5.32 Å². The van der Waals surface area contributed by atoms with Crippen molar-refractivity contribution in [2.75, 3.05) is 0 Å². The molecule has 2 heterocycles. The minimum absolute atomic E-state index is 0.0425. The molecule has 2 rings (SSSR count). The van der Waals surface area contributed by atoms with Gasteiger partial charge in [0.1, 0.15) is 10.7 Å². The van der Waals surface area contributed by atoms with Gasteiger partial charge in [0.05, 0.1) is 12.2 Å². The number of hydrogen-bond acceptors (Lipinski definition) is 4. The quantitative estimate of drug-likeness (QED) is 0.935. The zero-order valence-electron chi connectivity index (χ0n) is 11.6. The van der Waals surface area contributed by atoms with Crippen molar-refractivity contribution in [2.45, 2.75) is 32.7 Å². The Kier molecular flexibility index (Phi) is 3.71. The number of aromatic nitrogens is 3. The zero-order valence-corrected chi connectivity index (χ0v) is 12.4. The number of hydrogen-bond donors (Lipinski definition) is 1. The first kappa shape index (κ1) is 13.7. The molecule has 0 saturated carbocycles. The molecule has 1 N–H and O–H groups in total. The number of thiazole rings is 1. The van der Waals surface area contributed by atoms with Gasteiger partial charge in [-0.1, -0.05) is 20.8 Å². The summed E-state index contributed by atoms with van der Waals surface area (Å²) < 4.78 is 1.55. The van der Waals surface area contributed by atoms with Crippen LogP contribution in [0, 0.1) is 0 Å². The summed E-state index contributed by atoms with van der Waals surface area (Å²) in [5, 5.41) is 9.79. The molecule has 2 aromatic rings. The highest BCUT2D eigenvalue weighted by Gasteiger charge is 2.17. The van der Waals surface area contributed by atoms with E-state index < -0.39 is 0 Å². The third-order valence-corrected chi connectivity index (χ3v) is 3.62. The molecule has 0 spiro atoms. The lowest BCUT2D eigenvalue weighted by molar-refractivity contribution is 0.0941. The van der Waals surface area contributed by atoms with Crippen molar-refractivity contribution in [1.29, 1.82) is 0 Å². The van der Waals surface area contributed by atoms with Crippen LogP contribution >= 0.6 is 11.3 Å². The predicted molar refractivity (Wildman–Crippen MR) is 75.2 cm³/mol. The van der Waals surface area contributed by atoms with Crippen LogP contribution in [0.2, 0.25) is 0 Å². The summed E-state index contributed by atoms with van der Waals surface area (Å²) >= 11 is 1.57. The molecule has 0 aromatic carbocycles. The molecule has 0 aliphatic carbocycles. The van der Waals surface area contributed by atoms with Gasteiger partial charge in [0.25, 0.3) is 5.91 Å². The van der Waals surface area contributed by atoms with Crippen molar-refractivity contribution >= 4 is 17.2 Å². The number of amides is 1. The highest BCUT2D eigenvalue weighted by atomic mass is 32.1. The van der Waals surface area contributed by atoms with E-state index in [1.54, 1.807) is 35.3 Å². The van der Waals surface area contributed by atoms with Gasteiger partial charge < -0.3 is 5.32 Å². The van der Waals surface area contributed by atoms with E-state index in [9.17, 15) is 4.79 Å². The maximum atomic E-state index is 11.9. The van der Waals surface area contributed by atoms with Crippen molar-refractivity contribution in [3.05, 3.63) is 34.0 Å². The second kappa shape index (κ2) is 5.13. The fourth-order valence-electron chi connectivity index (χ4n) is 1.58. The van der Waals surface area contributed by atoms with Crippen LogP contribution in [-0.2, 0) is 19.0 Å². The van der Waals surface area contributed by atoms with Crippen molar-refractivity contribution in [2.24, 2.45) is 7.05 Å². The summed E-state index contributed by atoms with van der Waals surface area (Å²) in [7, 11) is 1.75. The SMILES string of the molecule is Cn1nccc1C(=O)NCc1nc(C(C)(C)C)cs1. The lowest BCUT2D eigenvalue weighted by Gasteiger charge is -2.14.